The van der Waals surface area contributed by atoms with E-state index in [4.69, 9.17) is 11.6 Å². The quantitative estimate of drug-likeness (QED) is 0.876. The van der Waals surface area contributed by atoms with E-state index in [1.54, 1.807) is 24.4 Å². The number of nitrogens with one attached hydrogen (secondary N) is 1. The Morgan fingerprint density at radius 3 is 2.89 bits per heavy atom. The summed E-state index contributed by atoms with van der Waals surface area (Å²) < 4.78 is 0. The highest BCUT2D eigenvalue weighted by Gasteiger charge is 2.49. The van der Waals surface area contributed by atoms with Crippen molar-refractivity contribution in [1.82, 2.24) is 10.3 Å². The van der Waals surface area contributed by atoms with E-state index in [-0.39, 0.29) is 23.3 Å². The summed E-state index contributed by atoms with van der Waals surface area (Å²) in [6, 6.07) is 12.7. The van der Waals surface area contributed by atoms with Crippen LogP contribution < -0.4 is 10.2 Å². The Balaban J connectivity index is 1.47. The van der Waals surface area contributed by atoms with E-state index in [1.807, 2.05) is 29.2 Å². The fourth-order valence-corrected chi connectivity index (χ4v) is 4.56. The van der Waals surface area contributed by atoms with Crippen LogP contribution in [0.5, 0.6) is 0 Å². The number of hydrogen-bond acceptors (Lipinski definition) is 3. The van der Waals surface area contributed by atoms with Crippen LogP contribution in [0.3, 0.4) is 0 Å². The fraction of sp³-hybridized carbons (Fsp3) is 0.381. The average Bonchev–Trinajstić information content (AvgIpc) is 2.98. The molecule has 1 aromatic heterocycles. The van der Waals surface area contributed by atoms with Gasteiger partial charge in [0.2, 0.25) is 5.91 Å². The Labute approximate surface area is 163 Å². The van der Waals surface area contributed by atoms with Gasteiger partial charge in [0.25, 0.3) is 5.91 Å². The second-order valence-corrected chi connectivity index (χ2v) is 7.89. The van der Waals surface area contributed by atoms with Gasteiger partial charge in [0, 0.05) is 29.5 Å². The molecule has 2 aromatic rings. The third kappa shape index (κ3) is 3.56. The van der Waals surface area contributed by atoms with Gasteiger partial charge in [-0.15, -0.1) is 0 Å². The molecule has 2 fully saturated rings. The Morgan fingerprint density at radius 2 is 2.11 bits per heavy atom. The first-order chi connectivity index (χ1) is 13.1. The molecule has 27 heavy (non-hydrogen) atoms. The summed E-state index contributed by atoms with van der Waals surface area (Å²) in [7, 11) is 0. The molecule has 2 atom stereocenters. The number of nitrogens with zero attached hydrogens (tertiary/aromatic N) is 2. The van der Waals surface area contributed by atoms with Crippen molar-refractivity contribution in [3.8, 4) is 0 Å². The van der Waals surface area contributed by atoms with Gasteiger partial charge in [0.05, 0.1) is 5.41 Å². The van der Waals surface area contributed by atoms with Gasteiger partial charge in [-0.2, -0.15) is 0 Å². The molecular formula is C21H22ClN3O2. The second kappa shape index (κ2) is 7.31. The molecule has 2 aliphatic rings. The van der Waals surface area contributed by atoms with Crippen molar-refractivity contribution in [2.24, 2.45) is 5.41 Å². The van der Waals surface area contributed by atoms with Crippen molar-refractivity contribution in [1.29, 1.82) is 0 Å². The maximum absolute atomic E-state index is 13.3. The van der Waals surface area contributed by atoms with Gasteiger partial charge in [-0.25, -0.2) is 0 Å². The molecule has 1 aliphatic carbocycles. The van der Waals surface area contributed by atoms with Crippen molar-refractivity contribution >= 4 is 29.1 Å². The topological polar surface area (TPSA) is 62.3 Å². The van der Waals surface area contributed by atoms with Crippen LogP contribution in [0.15, 0.2) is 48.7 Å². The highest BCUT2D eigenvalue weighted by molar-refractivity contribution is 6.31. The lowest BCUT2D eigenvalue weighted by atomic mass is 9.71. The second-order valence-electron chi connectivity index (χ2n) is 7.45. The number of anilines is 1. The molecule has 2 amide bonds. The van der Waals surface area contributed by atoms with Crippen molar-refractivity contribution in [2.75, 3.05) is 11.4 Å². The fourth-order valence-electron chi connectivity index (χ4n) is 4.37. The Hall–Kier alpha value is -2.40. The molecule has 4 rings (SSSR count). The molecule has 2 heterocycles. The molecule has 0 radical (unpaired) electrons. The van der Waals surface area contributed by atoms with Gasteiger partial charge in [-0.05, 0) is 56.0 Å². The van der Waals surface area contributed by atoms with E-state index < -0.39 is 0 Å². The van der Waals surface area contributed by atoms with Crippen LogP contribution in [-0.2, 0) is 4.79 Å². The summed E-state index contributed by atoms with van der Waals surface area (Å²) in [5.74, 6) is -0.0173. The number of benzene rings is 1. The molecule has 6 heteroatoms. The Morgan fingerprint density at radius 1 is 1.22 bits per heavy atom. The highest BCUT2D eigenvalue weighted by atomic mass is 35.5. The zero-order valence-corrected chi connectivity index (χ0v) is 15.8. The third-order valence-corrected chi connectivity index (χ3v) is 5.95. The van der Waals surface area contributed by atoms with E-state index in [1.165, 1.54) is 0 Å². The highest BCUT2D eigenvalue weighted by Crippen LogP contribution is 2.46. The minimum Gasteiger partial charge on any atom is -0.348 e. The Kier molecular flexibility index (Phi) is 4.87. The van der Waals surface area contributed by atoms with Gasteiger partial charge in [-0.3, -0.25) is 14.6 Å². The van der Waals surface area contributed by atoms with Crippen molar-refractivity contribution in [3.05, 3.63) is 59.4 Å². The first-order valence-electron chi connectivity index (χ1n) is 9.37. The molecular weight excluding hydrogens is 362 g/mol. The molecule has 1 saturated heterocycles. The molecule has 1 spiro atoms. The standard InChI is InChI=1S/C21H22ClN3O2/c22-15-5-3-7-17(13-15)25-12-10-21(20(25)27)9-4-6-16(14-21)24-19(26)18-8-1-2-11-23-18/h1-3,5,7-8,11,13,16H,4,6,9-10,12,14H2,(H,24,26)/t16-,21-/m0/s1. The largest absolute Gasteiger partial charge is 0.348 e. The molecule has 0 bridgehead atoms. The number of amides is 2. The van der Waals surface area contributed by atoms with Crippen LogP contribution in [-0.4, -0.2) is 29.4 Å². The van der Waals surface area contributed by atoms with E-state index in [0.717, 1.165) is 31.4 Å². The third-order valence-electron chi connectivity index (χ3n) is 5.71. The molecule has 1 N–H and O–H groups in total. The van der Waals surface area contributed by atoms with Crippen molar-refractivity contribution in [3.63, 3.8) is 0 Å². The smallest absolute Gasteiger partial charge is 0.270 e. The minimum absolute atomic E-state index is 0.00322. The van der Waals surface area contributed by atoms with Gasteiger partial charge in [0.15, 0.2) is 0 Å². The van der Waals surface area contributed by atoms with Crippen molar-refractivity contribution in [2.45, 2.75) is 38.1 Å². The number of rotatable bonds is 3. The maximum atomic E-state index is 13.3. The lowest BCUT2D eigenvalue weighted by molar-refractivity contribution is -0.127. The van der Waals surface area contributed by atoms with E-state index in [9.17, 15) is 9.59 Å². The van der Waals surface area contributed by atoms with Gasteiger partial charge in [0.1, 0.15) is 5.69 Å². The normalized spacial score (nSPS) is 25.0. The van der Waals surface area contributed by atoms with Crippen molar-refractivity contribution < 1.29 is 9.59 Å². The summed E-state index contributed by atoms with van der Waals surface area (Å²) in [5.41, 5.74) is 0.877. The predicted molar refractivity (Wildman–Crippen MR) is 105 cm³/mol. The number of pyridine rings is 1. The lowest BCUT2D eigenvalue weighted by Crippen LogP contribution is -2.46. The summed E-state index contributed by atoms with van der Waals surface area (Å²) in [4.78, 5) is 31.6. The summed E-state index contributed by atoms with van der Waals surface area (Å²) in [5, 5.41) is 3.71. The van der Waals surface area contributed by atoms with Crippen LogP contribution in [0.2, 0.25) is 5.02 Å². The first-order valence-corrected chi connectivity index (χ1v) is 9.75. The lowest BCUT2D eigenvalue weighted by Gasteiger charge is -2.36. The molecule has 5 nitrogen and oxygen atoms in total. The summed E-state index contributed by atoms with van der Waals surface area (Å²) >= 11 is 6.10. The SMILES string of the molecule is O=C(N[C@H]1CCC[C@]2(CCN(c3cccc(Cl)c3)C2=O)C1)c1ccccn1. The number of halogens is 1. The average molecular weight is 384 g/mol. The maximum Gasteiger partial charge on any atom is 0.270 e. The molecule has 140 valence electrons. The van der Waals surface area contributed by atoms with Crippen LogP contribution >= 0.6 is 11.6 Å². The Bertz CT molecular complexity index is 858. The number of carbonyl (C=O) groups is 2. The summed E-state index contributed by atoms with van der Waals surface area (Å²) in [6.45, 7) is 0.695. The monoisotopic (exact) mass is 383 g/mol. The number of carbonyl (C=O) groups excluding carboxylic acids is 2. The predicted octanol–water partition coefficient (Wildman–Crippen LogP) is 3.83. The van der Waals surface area contributed by atoms with Crippen LogP contribution in [0.1, 0.15) is 42.6 Å². The van der Waals surface area contributed by atoms with E-state index in [0.29, 0.717) is 23.7 Å². The zero-order valence-electron chi connectivity index (χ0n) is 15.0. The van der Waals surface area contributed by atoms with E-state index in [2.05, 4.69) is 10.3 Å². The van der Waals surface area contributed by atoms with Crippen LogP contribution in [0.25, 0.3) is 0 Å². The first kappa shape index (κ1) is 18.0. The zero-order chi connectivity index (χ0) is 18.9. The molecule has 1 saturated carbocycles. The van der Waals surface area contributed by atoms with Gasteiger partial charge < -0.3 is 10.2 Å². The summed E-state index contributed by atoms with van der Waals surface area (Å²) in [6.07, 6.45) is 5.81. The van der Waals surface area contributed by atoms with Crippen LogP contribution in [0, 0.1) is 5.41 Å². The van der Waals surface area contributed by atoms with Gasteiger partial charge >= 0.3 is 0 Å². The molecule has 1 aliphatic heterocycles. The molecule has 1 aromatic carbocycles. The number of aromatic nitrogens is 1. The minimum atomic E-state index is -0.386. The van der Waals surface area contributed by atoms with E-state index >= 15 is 0 Å². The van der Waals surface area contributed by atoms with Gasteiger partial charge in [-0.1, -0.05) is 30.2 Å². The number of hydrogen-bond donors (Lipinski definition) is 1. The molecule has 0 unspecified atom stereocenters. The van der Waals surface area contributed by atoms with Crippen LogP contribution in [0.4, 0.5) is 5.69 Å².